The molecule has 0 unspecified atom stereocenters. The maximum absolute atomic E-state index is 9.11. The van der Waals surface area contributed by atoms with Crippen molar-refractivity contribution in [2.45, 2.75) is 85.0 Å². The summed E-state index contributed by atoms with van der Waals surface area (Å²) in [7, 11) is 4.18. The topological polar surface area (TPSA) is 29.5 Å². The maximum atomic E-state index is 9.11. The van der Waals surface area contributed by atoms with E-state index in [9.17, 15) is 0 Å². The Bertz CT molecular complexity index is 194. The number of quaternary nitrogens is 1. The first kappa shape index (κ1) is 24.1. The minimum atomic E-state index is 0.261. The molecule has 0 aromatic rings. The zero-order valence-corrected chi connectivity index (χ0v) is 16.2. The molecule has 0 aliphatic carbocycles. The highest BCUT2D eigenvalue weighted by Gasteiger charge is 2.11. The first-order chi connectivity index (χ1) is 10.5. The summed E-state index contributed by atoms with van der Waals surface area (Å²) in [6.45, 7) is 9.30. The summed E-state index contributed by atoms with van der Waals surface area (Å²) in [6.07, 6.45) is 13.8. The van der Waals surface area contributed by atoms with E-state index in [2.05, 4.69) is 21.0 Å². The molecule has 0 aromatic carbocycles. The third-order valence-corrected chi connectivity index (χ3v) is 3.91. The first-order valence-corrected chi connectivity index (χ1v) is 9.54. The molecule has 136 valence electrons. The predicted octanol–water partition coefficient (Wildman–Crippen LogP) is 4.98. The van der Waals surface area contributed by atoms with Gasteiger partial charge in [0.15, 0.2) is 6.73 Å². The average molecular weight is 319 g/mol. The van der Waals surface area contributed by atoms with Gasteiger partial charge >= 0.3 is 0 Å². The molecule has 3 heteroatoms. The molecule has 0 fully saturated rings. The van der Waals surface area contributed by atoms with Gasteiger partial charge in [0.2, 0.25) is 0 Å². The molecule has 0 amide bonds. The molecule has 3 nitrogen and oxygen atoms in total. The zero-order valence-electron chi connectivity index (χ0n) is 16.2. The van der Waals surface area contributed by atoms with Crippen molar-refractivity contribution in [3.63, 3.8) is 0 Å². The Morgan fingerprint density at radius 2 is 1.09 bits per heavy atom. The molecule has 0 aliphatic rings. The Morgan fingerprint density at radius 1 is 0.682 bits per heavy atom. The molecule has 0 bridgehead atoms. The van der Waals surface area contributed by atoms with Gasteiger partial charge < -0.3 is 14.3 Å². The molecule has 0 heterocycles. The summed E-state index contributed by atoms with van der Waals surface area (Å²) in [6, 6.07) is 0. The number of aliphatic hydroxyl groups is 1. The number of hydrogen-bond donors (Lipinski definition) is 1. The summed E-state index contributed by atoms with van der Waals surface area (Å²) in [5, 5.41) is 9.11. The number of rotatable bonds is 14. The van der Waals surface area contributed by atoms with Crippen LogP contribution in [0.2, 0.25) is 0 Å². The van der Waals surface area contributed by atoms with Crippen molar-refractivity contribution >= 4 is 0 Å². The number of aliphatic hydroxyl groups excluding tert-OH is 1. The van der Waals surface area contributed by atoms with E-state index in [0.717, 1.165) is 24.2 Å². The van der Waals surface area contributed by atoms with Crippen LogP contribution in [0.1, 0.15) is 85.0 Å². The van der Waals surface area contributed by atoms with Gasteiger partial charge in [-0.2, -0.15) is 0 Å². The number of hydrogen-bond acceptors (Lipinski definition) is 2. The fourth-order valence-corrected chi connectivity index (χ4v) is 2.30. The van der Waals surface area contributed by atoms with Crippen LogP contribution in [0.5, 0.6) is 0 Å². The fourth-order valence-electron chi connectivity index (χ4n) is 2.30. The lowest BCUT2D eigenvalue weighted by molar-refractivity contribution is -0.909. The highest BCUT2D eigenvalue weighted by Crippen LogP contribution is 2.11. The quantitative estimate of drug-likeness (QED) is 0.278. The number of unbranched alkanes of at least 4 members (excludes halogenated alkanes) is 9. The second-order valence-electron chi connectivity index (χ2n) is 6.76. The summed E-state index contributed by atoms with van der Waals surface area (Å²) in [4.78, 5) is 0. The van der Waals surface area contributed by atoms with Crippen molar-refractivity contribution < 1.29 is 14.3 Å². The molecule has 0 aliphatic heterocycles. The highest BCUT2D eigenvalue weighted by molar-refractivity contribution is 4.47. The average Bonchev–Trinajstić information content (AvgIpc) is 2.50. The Kier molecular flexibility index (Phi) is 20.8. The van der Waals surface area contributed by atoms with Crippen molar-refractivity contribution in [1.82, 2.24) is 0 Å². The van der Waals surface area contributed by atoms with E-state index in [-0.39, 0.29) is 6.73 Å². The molecule has 0 spiro atoms. The van der Waals surface area contributed by atoms with E-state index in [0.29, 0.717) is 0 Å². The molecule has 0 rings (SSSR count). The molecule has 0 saturated carbocycles. The summed E-state index contributed by atoms with van der Waals surface area (Å²) in [5.41, 5.74) is 0. The van der Waals surface area contributed by atoms with Crippen LogP contribution in [0.3, 0.4) is 0 Å². The van der Waals surface area contributed by atoms with E-state index < -0.39 is 0 Å². The van der Waals surface area contributed by atoms with Crippen molar-refractivity contribution in [1.29, 1.82) is 0 Å². The SMILES string of the molecule is CCCCCCCCCCCC[N+](C)(C)CO.CCOCC. The maximum Gasteiger partial charge on any atom is 0.179 e. The normalized spacial score (nSPS) is 11.2. The largest absolute Gasteiger partial charge is 0.382 e. The van der Waals surface area contributed by atoms with Crippen LogP contribution in [-0.4, -0.2) is 50.2 Å². The van der Waals surface area contributed by atoms with Gasteiger partial charge in [0.05, 0.1) is 20.6 Å². The van der Waals surface area contributed by atoms with E-state index in [1.54, 1.807) is 0 Å². The van der Waals surface area contributed by atoms with Crippen molar-refractivity contribution in [3.05, 3.63) is 0 Å². The third-order valence-electron chi connectivity index (χ3n) is 3.91. The monoisotopic (exact) mass is 318 g/mol. The Labute approximate surface area is 140 Å². The van der Waals surface area contributed by atoms with Gasteiger partial charge in [-0.15, -0.1) is 0 Å². The van der Waals surface area contributed by atoms with Gasteiger partial charge in [0.25, 0.3) is 0 Å². The molecule has 0 radical (unpaired) electrons. The van der Waals surface area contributed by atoms with E-state index >= 15 is 0 Å². The lowest BCUT2D eigenvalue weighted by Crippen LogP contribution is -2.41. The van der Waals surface area contributed by atoms with Gasteiger partial charge in [0, 0.05) is 13.2 Å². The van der Waals surface area contributed by atoms with Gasteiger partial charge in [-0.1, -0.05) is 58.3 Å². The lowest BCUT2D eigenvalue weighted by Gasteiger charge is -2.26. The van der Waals surface area contributed by atoms with Crippen LogP contribution in [0, 0.1) is 0 Å². The van der Waals surface area contributed by atoms with Gasteiger partial charge in [0.1, 0.15) is 0 Å². The van der Waals surface area contributed by atoms with E-state index in [1.807, 2.05) is 13.8 Å². The Morgan fingerprint density at radius 3 is 1.41 bits per heavy atom. The fraction of sp³-hybridized carbons (Fsp3) is 1.00. The molecule has 22 heavy (non-hydrogen) atoms. The summed E-state index contributed by atoms with van der Waals surface area (Å²) in [5.74, 6) is 0. The molecular formula is C19H44NO2+. The number of nitrogens with zero attached hydrogens (tertiary/aromatic N) is 1. The standard InChI is InChI=1S/C15H34NO.C4H10O/c1-4-5-6-7-8-9-10-11-12-13-14-16(2,3)15-17;1-3-5-4-2/h17H,4-15H2,1-3H3;3-4H2,1-2H3/q+1;. The molecule has 0 aromatic heterocycles. The zero-order chi connectivity index (χ0) is 17.1. The number of ether oxygens (including phenoxy) is 1. The van der Waals surface area contributed by atoms with Crippen LogP contribution < -0.4 is 0 Å². The van der Waals surface area contributed by atoms with Crippen molar-refractivity contribution in [2.24, 2.45) is 0 Å². The summed E-state index contributed by atoms with van der Waals surface area (Å²) >= 11 is 0. The predicted molar refractivity (Wildman–Crippen MR) is 98.1 cm³/mol. The van der Waals surface area contributed by atoms with Crippen LogP contribution in [0.4, 0.5) is 0 Å². The van der Waals surface area contributed by atoms with Crippen molar-refractivity contribution in [2.75, 3.05) is 40.6 Å². The van der Waals surface area contributed by atoms with Crippen LogP contribution >= 0.6 is 0 Å². The van der Waals surface area contributed by atoms with Gasteiger partial charge in [-0.3, -0.25) is 0 Å². The van der Waals surface area contributed by atoms with E-state index in [1.165, 1.54) is 64.2 Å². The first-order valence-electron chi connectivity index (χ1n) is 9.54. The minimum absolute atomic E-state index is 0.261. The van der Waals surface area contributed by atoms with Crippen LogP contribution in [0.25, 0.3) is 0 Å². The summed E-state index contributed by atoms with van der Waals surface area (Å²) < 4.78 is 5.58. The highest BCUT2D eigenvalue weighted by atomic mass is 16.5. The van der Waals surface area contributed by atoms with E-state index in [4.69, 9.17) is 9.84 Å². The second-order valence-corrected chi connectivity index (χ2v) is 6.76. The van der Waals surface area contributed by atoms with Crippen LogP contribution in [0.15, 0.2) is 0 Å². The molecule has 1 N–H and O–H groups in total. The molecular weight excluding hydrogens is 274 g/mol. The van der Waals surface area contributed by atoms with Gasteiger partial charge in [-0.25, -0.2) is 0 Å². The van der Waals surface area contributed by atoms with Crippen LogP contribution in [-0.2, 0) is 4.74 Å². The Balaban J connectivity index is 0. The minimum Gasteiger partial charge on any atom is -0.382 e. The second kappa shape index (κ2) is 18.9. The van der Waals surface area contributed by atoms with Crippen molar-refractivity contribution in [3.8, 4) is 0 Å². The lowest BCUT2D eigenvalue weighted by atomic mass is 10.1. The third kappa shape index (κ3) is 22.2. The smallest absolute Gasteiger partial charge is 0.179 e. The Hall–Kier alpha value is -0.120. The molecule has 0 saturated heterocycles. The van der Waals surface area contributed by atoms with Gasteiger partial charge in [-0.05, 0) is 26.7 Å². The molecule has 0 atom stereocenters.